The maximum atomic E-state index is 12.6. The lowest BCUT2D eigenvalue weighted by Crippen LogP contribution is -2.41. The van der Waals surface area contributed by atoms with Crippen LogP contribution in [0.3, 0.4) is 0 Å². The minimum Gasteiger partial charge on any atom is -0.481 e. The number of thioether (sulfide) groups is 1. The molecule has 5 aliphatic heterocycles. The van der Waals surface area contributed by atoms with Crippen LogP contribution in [-0.4, -0.2) is 62.0 Å². The number of rotatable bonds is 12. The molecule has 3 saturated heterocycles. The Morgan fingerprint density at radius 1 is 1.07 bits per heavy atom. The van der Waals surface area contributed by atoms with Gasteiger partial charge in [0.05, 0.1) is 0 Å². The lowest BCUT2D eigenvalue weighted by Gasteiger charge is -2.20. The van der Waals surface area contributed by atoms with Crippen LogP contribution in [0.1, 0.15) is 69.0 Å². The van der Waals surface area contributed by atoms with Gasteiger partial charge in [-0.05, 0) is 80.0 Å². The SMILES string of the molecule is C=CC1=C(C)[C@@H](CC2N/C(=C/c3[nH]c(/C=C4/NC(=O)[C@H](C)[C@H]4[C@@H]4CS4)c(C)c3CCC(=O)O)C(CCC(=O)O)=C2C)N[C@@]12NO2. The standard InChI is InChI=1S/C33H41N5O6S/c1-6-21-17(4)24(37-33(21)38-44-33)11-22-15(2)19(7-9-29(39)40)25(34-22)13-26-20(8-10-30(41)42)16(3)23(35-26)12-27-31(28-14-45-28)18(5)32(43)36-27/h6,12-13,18,22,24,28,31,34-35,37-38H,1,7-11,14H2,2-5H3,(H,36,43)(H,39,40)(H,41,42)/b25-13+,27-12+/t18-,22?,24-,28+,31-,33-/m1/s1. The zero-order chi connectivity index (χ0) is 32.2. The number of carboxylic acids is 2. The zero-order valence-corrected chi connectivity index (χ0v) is 26.8. The molecule has 5 aliphatic rings. The fourth-order valence-electron chi connectivity index (χ4n) is 7.12. The first-order valence-electron chi connectivity index (χ1n) is 15.5. The lowest BCUT2D eigenvalue weighted by atomic mass is 9.91. The molecule has 6 atom stereocenters. The van der Waals surface area contributed by atoms with Crippen LogP contribution in [-0.2, 0) is 25.6 Å². The number of carbonyl (C=O) groups excluding carboxylic acids is 1. The van der Waals surface area contributed by atoms with Crippen LogP contribution >= 0.6 is 11.8 Å². The third kappa shape index (κ3) is 6.04. The maximum absolute atomic E-state index is 12.6. The summed E-state index contributed by atoms with van der Waals surface area (Å²) in [6.45, 7) is 12.0. The number of aromatic amines is 1. The summed E-state index contributed by atoms with van der Waals surface area (Å²) in [5.74, 6) is -1.35. The van der Waals surface area contributed by atoms with Gasteiger partial charge in [-0.25, -0.2) is 0 Å². The summed E-state index contributed by atoms with van der Waals surface area (Å²) in [6.07, 6.45) is 7.17. The second kappa shape index (κ2) is 12.0. The topological polar surface area (TPSA) is 178 Å². The third-order valence-electron chi connectivity index (χ3n) is 9.90. The normalized spacial score (nSPS) is 32.2. The molecule has 45 heavy (non-hydrogen) atoms. The minimum atomic E-state index is -0.882. The van der Waals surface area contributed by atoms with Crippen molar-refractivity contribution in [3.8, 4) is 0 Å². The molecule has 3 fully saturated rings. The predicted octanol–water partition coefficient (Wildman–Crippen LogP) is 3.73. The van der Waals surface area contributed by atoms with Gasteiger partial charge in [0.2, 0.25) is 11.8 Å². The molecule has 11 nitrogen and oxygen atoms in total. The summed E-state index contributed by atoms with van der Waals surface area (Å²) < 4.78 is 0. The van der Waals surface area contributed by atoms with Crippen molar-refractivity contribution < 1.29 is 29.4 Å². The smallest absolute Gasteiger partial charge is 0.303 e. The fourth-order valence-corrected chi connectivity index (χ4v) is 8.02. The molecule has 1 amide bonds. The quantitative estimate of drug-likeness (QED) is 0.168. The van der Waals surface area contributed by atoms with Crippen molar-refractivity contribution in [3.05, 3.63) is 68.9 Å². The van der Waals surface area contributed by atoms with Crippen LogP contribution in [0, 0.1) is 18.8 Å². The molecule has 0 aromatic carbocycles. The number of aliphatic carboxylic acids is 2. The molecule has 7 N–H and O–H groups in total. The molecular weight excluding hydrogens is 594 g/mol. The third-order valence-corrected chi connectivity index (χ3v) is 10.9. The number of carbonyl (C=O) groups is 3. The number of aromatic nitrogens is 1. The van der Waals surface area contributed by atoms with Crippen LogP contribution in [0.5, 0.6) is 0 Å². The largest absolute Gasteiger partial charge is 0.481 e. The van der Waals surface area contributed by atoms with Gasteiger partial charge in [0.1, 0.15) is 0 Å². The van der Waals surface area contributed by atoms with E-state index < -0.39 is 17.8 Å². The first kappa shape index (κ1) is 31.4. The molecular formula is C33H41N5O6S. The molecule has 6 heterocycles. The lowest BCUT2D eigenvalue weighted by molar-refractivity contribution is -0.138. The van der Waals surface area contributed by atoms with E-state index in [0.717, 1.165) is 62.0 Å². The summed E-state index contributed by atoms with van der Waals surface area (Å²) in [6, 6.07) is -0.0428. The molecule has 0 aliphatic carbocycles. The monoisotopic (exact) mass is 635 g/mol. The Labute approximate surface area is 266 Å². The number of H-pyrrole nitrogens is 1. The highest BCUT2D eigenvalue weighted by molar-refractivity contribution is 8.06. The second-order valence-electron chi connectivity index (χ2n) is 12.7. The Kier molecular flexibility index (Phi) is 8.36. The summed E-state index contributed by atoms with van der Waals surface area (Å²) in [4.78, 5) is 44.8. The number of carboxylic acid groups (broad SMARTS) is 2. The van der Waals surface area contributed by atoms with Crippen molar-refractivity contribution in [1.82, 2.24) is 26.4 Å². The minimum absolute atomic E-state index is 0.00801. The average Bonchev–Trinajstić information content (AvgIpc) is 3.87. The number of allylic oxidation sites excluding steroid dienone is 2. The van der Waals surface area contributed by atoms with E-state index in [-0.39, 0.29) is 42.7 Å². The molecule has 0 saturated carbocycles. The number of hydrogen-bond acceptors (Lipinski definition) is 8. The van der Waals surface area contributed by atoms with E-state index in [2.05, 4.69) is 39.9 Å². The number of hydrogen-bond donors (Lipinski definition) is 7. The fraction of sp³-hybridized carbons (Fsp3) is 0.485. The number of amides is 1. The van der Waals surface area contributed by atoms with E-state index >= 15 is 0 Å². The average molecular weight is 636 g/mol. The molecule has 0 bridgehead atoms. The molecule has 6 rings (SSSR count). The molecule has 1 aromatic rings. The van der Waals surface area contributed by atoms with E-state index in [0.29, 0.717) is 24.5 Å². The Balaban J connectivity index is 1.34. The van der Waals surface area contributed by atoms with E-state index in [1.807, 2.05) is 44.7 Å². The van der Waals surface area contributed by atoms with E-state index in [1.165, 1.54) is 0 Å². The van der Waals surface area contributed by atoms with Crippen LogP contribution in [0.4, 0.5) is 0 Å². The Hall–Kier alpha value is -3.58. The molecule has 1 spiro atoms. The highest BCUT2D eigenvalue weighted by Crippen LogP contribution is 2.46. The van der Waals surface area contributed by atoms with Gasteiger partial charge in [-0.2, -0.15) is 11.8 Å². The molecule has 0 radical (unpaired) electrons. The van der Waals surface area contributed by atoms with Crippen LogP contribution < -0.4 is 21.4 Å². The number of hydroxylamine groups is 1. The van der Waals surface area contributed by atoms with Gasteiger partial charge >= 0.3 is 11.9 Å². The van der Waals surface area contributed by atoms with Crippen molar-refractivity contribution in [2.45, 2.75) is 83.0 Å². The van der Waals surface area contributed by atoms with Crippen LogP contribution in [0.2, 0.25) is 0 Å². The van der Waals surface area contributed by atoms with Crippen molar-refractivity contribution in [1.29, 1.82) is 0 Å². The van der Waals surface area contributed by atoms with Crippen LogP contribution in [0.25, 0.3) is 12.2 Å². The highest BCUT2D eigenvalue weighted by atomic mass is 32.2. The maximum Gasteiger partial charge on any atom is 0.303 e. The van der Waals surface area contributed by atoms with Crippen molar-refractivity contribution in [2.75, 3.05) is 5.75 Å². The number of nitrogens with one attached hydrogen (secondary N) is 5. The van der Waals surface area contributed by atoms with Gasteiger partial charge in [0.15, 0.2) is 0 Å². The Bertz CT molecular complexity index is 1590. The van der Waals surface area contributed by atoms with Gasteiger partial charge in [0.25, 0.3) is 0 Å². The zero-order valence-electron chi connectivity index (χ0n) is 26.0. The molecule has 240 valence electrons. The van der Waals surface area contributed by atoms with Gasteiger partial charge in [0, 0.05) is 76.1 Å². The highest BCUT2D eigenvalue weighted by Gasteiger charge is 2.55. The molecule has 1 aromatic heterocycles. The van der Waals surface area contributed by atoms with E-state index in [9.17, 15) is 24.6 Å². The summed E-state index contributed by atoms with van der Waals surface area (Å²) >= 11 is 1.86. The van der Waals surface area contributed by atoms with Crippen molar-refractivity contribution in [2.24, 2.45) is 11.8 Å². The second-order valence-corrected chi connectivity index (χ2v) is 13.9. The molecule has 1 unspecified atom stereocenters. The van der Waals surface area contributed by atoms with Gasteiger partial charge in [-0.3, -0.25) is 24.5 Å². The van der Waals surface area contributed by atoms with Crippen LogP contribution in [0.15, 0.2) is 46.3 Å². The summed E-state index contributed by atoms with van der Waals surface area (Å²) in [5.41, 5.74) is 12.2. The van der Waals surface area contributed by atoms with Gasteiger partial charge < -0.3 is 25.8 Å². The molecule has 12 heteroatoms. The summed E-state index contributed by atoms with van der Waals surface area (Å²) in [7, 11) is 0. The van der Waals surface area contributed by atoms with E-state index in [1.54, 1.807) is 6.08 Å². The van der Waals surface area contributed by atoms with Crippen molar-refractivity contribution >= 4 is 41.8 Å². The van der Waals surface area contributed by atoms with Gasteiger partial charge in [-0.15, -0.1) is 5.48 Å². The Morgan fingerprint density at radius 2 is 1.76 bits per heavy atom. The van der Waals surface area contributed by atoms with E-state index in [4.69, 9.17) is 4.84 Å². The van der Waals surface area contributed by atoms with Crippen molar-refractivity contribution in [3.63, 3.8) is 0 Å². The Morgan fingerprint density at radius 3 is 2.36 bits per heavy atom. The van der Waals surface area contributed by atoms with Gasteiger partial charge in [-0.1, -0.05) is 19.6 Å². The predicted molar refractivity (Wildman–Crippen MR) is 172 cm³/mol. The first-order chi connectivity index (χ1) is 21.4. The summed E-state index contributed by atoms with van der Waals surface area (Å²) in [5, 5.41) is 29.7. The first-order valence-corrected chi connectivity index (χ1v) is 16.5.